The van der Waals surface area contributed by atoms with Crippen LogP contribution < -0.4 is 5.32 Å². The van der Waals surface area contributed by atoms with Gasteiger partial charge in [0, 0.05) is 5.25 Å². The molecule has 0 fully saturated rings. The number of rotatable bonds is 3. The van der Waals surface area contributed by atoms with Gasteiger partial charge in [-0.25, -0.2) is 4.39 Å². The second-order valence-corrected chi connectivity index (χ2v) is 5.91. The quantitative estimate of drug-likeness (QED) is 0.886. The molecule has 1 aromatic carbocycles. The molecule has 0 saturated heterocycles. The van der Waals surface area contributed by atoms with Gasteiger partial charge in [-0.2, -0.15) is 0 Å². The molecule has 0 aliphatic carbocycles. The summed E-state index contributed by atoms with van der Waals surface area (Å²) in [4.78, 5) is 4.41. The summed E-state index contributed by atoms with van der Waals surface area (Å²) in [6.45, 7) is 5.26. The van der Waals surface area contributed by atoms with Crippen molar-refractivity contribution in [3.8, 4) is 0 Å². The minimum absolute atomic E-state index is 0.233. The van der Waals surface area contributed by atoms with Gasteiger partial charge in [-0.15, -0.1) is 0 Å². The number of benzene rings is 1. The van der Waals surface area contributed by atoms with Crippen molar-refractivity contribution in [2.45, 2.75) is 25.5 Å². The average Bonchev–Trinajstić information content (AvgIpc) is 2.68. The van der Waals surface area contributed by atoms with E-state index in [0.717, 1.165) is 18.1 Å². The number of halogens is 1. The first kappa shape index (κ1) is 12.4. The fraction of sp³-hybridized carbons (Fsp3) is 0.462. The van der Waals surface area contributed by atoms with Gasteiger partial charge < -0.3 is 5.32 Å². The summed E-state index contributed by atoms with van der Waals surface area (Å²) in [6, 6.07) is 6.69. The van der Waals surface area contributed by atoms with Crippen LogP contribution in [0.15, 0.2) is 29.3 Å². The van der Waals surface area contributed by atoms with Gasteiger partial charge in [-0.1, -0.05) is 37.7 Å². The molecule has 1 N–H and O–H groups in total. The van der Waals surface area contributed by atoms with Gasteiger partial charge in [0.1, 0.15) is 5.82 Å². The highest BCUT2D eigenvalue weighted by molar-refractivity contribution is 8.15. The zero-order valence-corrected chi connectivity index (χ0v) is 10.9. The molecule has 1 heterocycles. The predicted molar refractivity (Wildman–Crippen MR) is 73.2 cm³/mol. The summed E-state index contributed by atoms with van der Waals surface area (Å²) in [5, 5.41) is 4.42. The van der Waals surface area contributed by atoms with E-state index >= 15 is 0 Å². The van der Waals surface area contributed by atoms with E-state index in [0.29, 0.717) is 16.9 Å². The first-order chi connectivity index (χ1) is 8.15. The van der Waals surface area contributed by atoms with E-state index in [9.17, 15) is 4.39 Å². The Bertz CT molecular complexity index is 418. The van der Waals surface area contributed by atoms with Crippen LogP contribution in [0.3, 0.4) is 0 Å². The molecule has 2 nitrogen and oxygen atoms in total. The first-order valence-electron chi connectivity index (χ1n) is 5.88. The maximum absolute atomic E-state index is 13.4. The molecule has 1 aliphatic heterocycles. The Balaban J connectivity index is 1.92. The molecule has 4 heteroatoms. The average molecular weight is 252 g/mol. The first-order valence-corrected chi connectivity index (χ1v) is 6.76. The van der Waals surface area contributed by atoms with E-state index in [-0.39, 0.29) is 5.82 Å². The molecule has 1 atom stereocenters. The van der Waals surface area contributed by atoms with Crippen LogP contribution in [-0.4, -0.2) is 17.0 Å². The third-order valence-electron chi connectivity index (χ3n) is 2.57. The molecule has 0 amide bonds. The van der Waals surface area contributed by atoms with Crippen molar-refractivity contribution in [2.75, 3.05) is 11.9 Å². The van der Waals surface area contributed by atoms with E-state index in [4.69, 9.17) is 0 Å². The molecule has 0 radical (unpaired) electrons. The molecule has 0 saturated carbocycles. The monoisotopic (exact) mass is 252 g/mol. The van der Waals surface area contributed by atoms with E-state index < -0.39 is 0 Å². The lowest BCUT2D eigenvalue weighted by Gasteiger charge is -2.11. The molecule has 17 heavy (non-hydrogen) atoms. The number of para-hydroxylation sites is 1. The molecule has 0 bridgehead atoms. The number of anilines is 1. The van der Waals surface area contributed by atoms with Crippen LogP contribution in [0.2, 0.25) is 0 Å². The minimum atomic E-state index is -0.233. The zero-order valence-electron chi connectivity index (χ0n) is 10.1. The van der Waals surface area contributed by atoms with Crippen LogP contribution >= 0.6 is 11.8 Å². The second kappa shape index (κ2) is 5.54. The summed E-state index contributed by atoms with van der Waals surface area (Å²) in [7, 11) is 0. The molecule has 1 aliphatic rings. The molecule has 2 rings (SSSR count). The summed E-state index contributed by atoms with van der Waals surface area (Å²) < 4.78 is 13.4. The number of hydrogen-bond acceptors (Lipinski definition) is 3. The van der Waals surface area contributed by atoms with Gasteiger partial charge in [-0.3, -0.25) is 4.99 Å². The molecule has 1 aromatic rings. The van der Waals surface area contributed by atoms with Gasteiger partial charge in [0.05, 0.1) is 12.2 Å². The second-order valence-electron chi connectivity index (χ2n) is 4.62. The summed E-state index contributed by atoms with van der Waals surface area (Å²) >= 11 is 1.71. The molecule has 0 aromatic heterocycles. The maximum atomic E-state index is 13.4. The summed E-state index contributed by atoms with van der Waals surface area (Å²) in [6.07, 6.45) is 1.15. The normalized spacial score (nSPS) is 19.5. The van der Waals surface area contributed by atoms with Gasteiger partial charge >= 0.3 is 0 Å². The Hall–Kier alpha value is -1.03. The van der Waals surface area contributed by atoms with Crippen molar-refractivity contribution in [3.05, 3.63) is 30.1 Å². The summed E-state index contributed by atoms with van der Waals surface area (Å²) in [5.74, 6) is 0.443. The number of hydrogen-bond donors (Lipinski definition) is 1. The van der Waals surface area contributed by atoms with Crippen molar-refractivity contribution in [3.63, 3.8) is 0 Å². The Morgan fingerprint density at radius 3 is 2.94 bits per heavy atom. The predicted octanol–water partition coefficient (Wildman–Crippen LogP) is 3.76. The molecule has 92 valence electrons. The molecular weight excluding hydrogens is 235 g/mol. The van der Waals surface area contributed by atoms with Crippen LogP contribution in [0.1, 0.15) is 20.3 Å². The number of nitrogens with one attached hydrogen (secondary N) is 1. The van der Waals surface area contributed by atoms with E-state index in [1.165, 1.54) is 6.07 Å². The highest BCUT2D eigenvalue weighted by atomic mass is 32.2. The fourth-order valence-corrected chi connectivity index (χ4v) is 3.08. The van der Waals surface area contributed by atoms with E-state index in [1.807, 2.05) is 6.07 Å². The standard InChI is InChI=1S/C13H17FN2S/c1-9(2)7-10-8-15-13(17-10)16-12-6-4-3-5-11(12)14/h3-6,9-10H,7-8H2,1-2H3,(H,15,16). The Morgan fingerprint density at radius 2 is 2.24 bits per heavy atom. The molecule has 0 spiro atoms. The number of aliphatic imine (C=N–C) groups is 1. The largest absolute Gasteiger partial charge is 0.333 e. The Kier molecular flexibility index (Phi) is 4.05. The SMILES string of the molecule is CC(C)CC1CN=C(Nc2ccccc2F)S1. The van der Waals surface area contributed by atoms with Crippen molar-refractivity contribution in [1.82, 2.24) is 0 Å². The minimum Gasteiger partial charge on any atom is -0.333 e. The van der Waals surface area contributed by atoms with Gasteiger partial charge in [0.25, 0.3) is 0 Å². The highest BCUT2D eigenvalue weighted by Crippen LogP contribution is 2.27. The van der Waals surface area contributed by atoms with Crippen LogP contribution in [0.4, 0.5) is 10.1 Å². The van der Waals surface area contributed by atoms with Gasteiger partial charge in [0.2, 0.25) is 0 Å². The molecular formula is C13H17FN2S. The van der Waals surface area contributed by atoms with Gasteiger partial charge in [-0.05, 0) is 24.5 Å². The Morgan fingerprint density at radius 1 is 1.47 bits per heavy atom. The van der Waals surface area contributed by atoms with Crippen molar-refractivity contribution >= 4 is 22.6 Å². The van der Waals surface area contributed by atoms with Crippen molar-refractivity contribution in [1.29, 1.82) is 0 Å². The lowest BCUT2D eigenvalue weighted by atomic mass is 10.1. The van der Waals surface area contributed by atoms with E-state index in [1.54, 1.807) is 23.9 Å². The third kappa shape index (κ3) is 3.46. The lowest BCUT2D eigenvalue weighted by molar-refractivity contribution is 0.575. The van der Waals surface area contributed by atoms with Crippen molar-refractivity contribution < 1.29 is 4.39 Å². The smallest absolute Gasteiger partial charge is 0.161 e. The lowest BCUT2D eigenvalue weighted by Crippen LogP contribution is -2.10. The van der Waals surface area contributed by atoms with Crippen LogP contribution in [0.5, 0.6) is 0 Å². The van der Waals surface area contributed by atoms with Crippen LogP contribution in [0, 0.1) is 11.7 Å². The Labute approximate surface area is 106 Å². The van der Waals surface area contributed by atoms with E-state index in [2.05, 4.69) is 24.2 Å². The fourth-order valence-electron chi connectivity index (χ4n) is 1.81. The van der Waals surface area contributed by atoms with Crippen LogP contribution in [0.25, 0.3) is 0 Å². The number of thioether (sulfide) groups is 1. The summed E-state index contributed by atoms with van der Waals surface area (Å²) in [5.41, 5.74) is 0.504. The topological polar surface area (TPSA) is 24.4 Å². The maximum Gasteiger partial charge on any atom is 0.161 e. The van der Waals surface area contributed by atoms with Crippen molar-refractivity contribution in [2.24, 2.45) is 10.9 Å². The third-order valence-corrected chi connectivity index (χ3v) is 3.70. The molecule has 1 unspecified atom stereocenters. The number of amidine groups is 1. The number of nitrogens with zero attached hydrogens (tertiary/aromatic N) is 1. The van der Waals surface area contributed by atoms with Gasteiger partial charge in [0.15, 0.2) is 5.17 Å². The highest BCUT2D eigenvalue weighted by Gasteiger charge is 2.20. The zero-order chi connectivity index (χ0) is 12.3. The van der Waals surface area contributed by atoms with Crippen LogP contribution in [-0.2, 0) is 0 Å².